The van der Waals surface area contributed by atoms with Crippen molar-refractivity contribution in [3.63, 3.8) is 0 Å². The number of hydrogen-bond donors (Lipinski definition) is 1. The lowest BCUT2D eigenvalue weighted by atomic mass is 10.1. The fourth-order valence-electron chi connectivity index (χ4n) is 3.09. The topological polar surface area (TPSA) is 47.3 Å². The third kappa shape index (κ3) is 2.69. The van der Waals surface area contributed by atoms with Crippen molar-refractivity contribution in [2.75, 3.05) is 7.05 Å². The first-order valence-electron chi connectivity index (χ1n) is 7.14. The van der Waals surface area contributed by atoms with Crippen molar-refractivity contribution in [1.29, 1.82) is 5.26 Å². The van der Waals surface area contributed by atoms with Crippen molar-refractivity contribution in [3.05, 3.63) is 70.8 Å². The summed E-state index contributed by atoms with van der Waals surface area (Å²) in [6.45, 7) is 0.727. The van der Waals surface area contributed by atoms with Crippen molar-refractivity contribution >= 4 is 0 Å². The molecule has 1 aliphatic carbocycles. The Labute approximate surface area is 125 Å². The van der Waals surface area contributed by atoms with Crippen LogP contribution in [0.15, 0.2) is 48.5 Å². The molecule has 2 unspecified atom stereocenters. The van der Waals surface area contributed by atoms with Crippen LogP contribution >= 0.6 is 0 Å². The quantitative estimate of drug-likeness (QED) is 0.939. The van der Waals surface area contributed by atoms with Crippen molar-refractivity contribution < 1.29 is 5.11 Å². The van der Waals surface area contributed by atoms with E-state index in [0.29, 0.717) is 5.56 Å². The molecule has 0 saturated carbocycles. The summed E-state index contributed by atoms with van der Waals surface area (Å²) in [6, 6.07) is 18.0. The molecule has 2 aromatic carbocycles. The molecular weight excluding hydrogens is 260 g/mol. The Morgan fingerprint density at radius 1 is 1.24 bits per heavy atom. The number of nitrogens with zero attached hydrogens (tertiary/aromatic N) is 2. The Hall–Kier alpha value is -2.15. The molecule has 1 N–H and O–H groups in total. The molecule has 0 aromatic heterocycles. The van der Waals surface area contributed by atoms with Gasteiger partial charge in [0.1, 0.15) is 0 Å². The van der Waals surface area contributed by atoms with Crippen LogP contribution < -0.4 is 0 Å². The molecule has 3 rings (SSSR count). The van der Waals surface area contributed by atoms with E-state index in [1.807, 2.05) is 49.5 Å². The molecule has 0 fully saturated rings. The number of hydrogen-bond acceptors (Lipinski definition) is 3. The van der Waals surface area contributed by atoms with E-state index in [1.165, 1.54) is 5.56 Å². The molecule has 3 heteroatoms. The van der Waals surface area contributed by atoms with Gasteiger partial charge in [0.05, 0.1) is 17.7 Å². The van der Waals surface area contributed by atoms with Gasteiger partial charge in [-0.15, -0.1) is 0 Å². The van der Waals surface area contributed by atoms with Crippen LogP contribution in [0.5, 0.6) is 0 Å². The predicted octanol–water partition coefficient (Wildman–Crippen LogP) is 2.65. The van der Waals surface area contributed by atoms with E-state index in [-0.39, 0.29) is 6.04 Å². The highest BCUT2D eigenvalue weighted by molar-refractivity contribution is 5.36. The van der Waals surface area contributed by atoms with Crippen molar-refractivity contribution in [3.8, 4) is 6.07 Å². The summed E-state index contributed by atoms with van der Waals surface area (Å²) < 4.78 is 0. The first kappa shape index (κ1) is 13.8. The van der Waals surface area contributed by atoms with Gasteiger partial charge in [-0.1, -0.05) is 36.4 Å². The largest absolute Gasteiger partial charge is 0.387 e. The summed E-state index contributed by atoms with van der Waals surface area (Å²) in [7, 11) is 2.03. The predicted molar refractivity (Wildman–Crippen MR) is 81.5 cm³/mol. The third-order valence-corrected chi connectivity index (χ3v) is 4.22. The summed E-state index contributed by atoms with van der Waals surface area (Å²) in [5, 5.41) is 19.5. The molecule has 1 aliphatic rings. The van der Waals surface area contributed by atoms with Crippen LogP contribution in [-0.2, 0) is 13.0 Å². The molecule has 2 aromatic rings. The lowest BCUT2D eigenvalue weighted by Crippen LogP contribution is -2.34. The lowest BCUT2D eigenvalue weighted by molar-refractivity contribution is 0.0721. The zero-order valence-corrected chi connectivity index (χ0v) is 12.0. The number of rotatable bonds is 3. The maximum atomic E-state index is 10.5. The van der Waals surface area contributed by atoms with Crippen molar-refractivity contribution in [2.45, 2.75) is 25.1 Å². The van der Waals surface area contributed by atoms with E-state index in [0.717, 1.165) is 24.1 Å². The number of fused-ring (bicyclic) bond motifs is 1. The van der Waals surface area contributed by atoms with Crippen LogP contribution in [0.3, 0.4) is 0 Å². The number of nitriles is 1. The van der Waals surface area contributed by atoms with Gasteiger partial charge in [-0.05, 0) is 42.3 Å². The SMILES string of the molecule is CN(Cc1cccc(C#N)c1)C1Cc2ccccc2C1O. The normalized spacial score (nSPS) is 20.3. The number of benzene rings is 2. The van der Waals surface area contributed by atoms with Gasteiger partial charge in [-0.3, -0.25) is 4.90 Å². The van der Waals surface area contributed by atoms with Crippen LogP contribution in [0.1, 0.15) is 28.4 Å². The molecule has 0 amide bonds. The first-order chi connectivity index (χ1) is 10.2. The summed E-state index contributed by atoms with van der Waals surface area (Å²) in [5.74, 6) is 0. The van der Waals surface area contributed by atoms with Gasteiger partial charge < -0.3 is 5.11 Å². The fraction of sp³-hybridized carbons (Fsp3) is 0.278. The smallest absolute Gasteiger partial charge is 0.0991 e. The van der Waals surface area contributed by atoms with Crippen LogP contribution in [-0.4, -0.2) is 23.1 Å². The number of aliphatic hydroxyl groups is 1. The monoisotopic (exact) mass is 278 g/mol. The minimum atomic E-state index is -0.439. The highest BCUT2D eigenvalue weighted by atomic mass is 16.3. The molecule has 21 heavy (non-hydrogen) atoms. The average Bonchev–Trinajstić information content (AvgIpc) is 2.85. The van der Waals surface area contributed by atoms with E-state index in [1.54, 1.807) is 0 Å². The van der Waals surface area contributed by atoms with Crippen molar-refractivity contribution in [2.24, 2.45) is 0 Å². The molecule has 0 saturated heterocycles. The van der Waals surface area contributed by atoms with Crippen molar-refractivity contribution in [1.82, 2.24) is 4.90 Å². The summed E-state index contributed by atoms with van der Waals surface area (Å²) >= 11 is 0. The summed E-state index contributed by atoms with van der Waals surface area (Å²) in [4.78, 5) is 2.17. The zero-order valence-electron chi connectivity index (χ0n) is 12.0. The van der Waals surface area contributed by atoms with Gasteiger partial charge >= 0.3 is 0 Å². The highest BCUT2D eigenvalue weighted by Crippen LogP contribution is 2.34. The Balaban J connectivity index is 1.75. The zero-order chi connectivity index (χ0) is 14.8. The van der Waals surface area contributed by atoms with Crippen LogP contribution in [0.4, 0.5) is 0 Å². The van der Waals surface area contributed by atoms with Crippen LogP contribution in [0, 0.1) is 11.3 Å². The highest BCUT2D eigenvalue weighted by Gasteiger charge is 2.33. The minimum Gasteiger partial charge on any atom is -0.387 e. The molecule has 2 atom stereocenters. The van der Waals surface area contributed by atoms with Gasteiger partial charge in [-0.2, -0.15) is 5.26 Å². The van der Waals surface area contributed by atoms with Gasteiger partial charge in [-0.25, -0.2) is 0 Å². The first-order valence-corrected chi connectivity index (χ1v) is 7.14. The Morgan fingerprint density at radius 3 is 2.81 bits per heavy atom. The molecule has 0 heterocycles. The Bertz CT molecular complexity index is 690. The maximum absolute atomic E-state index is 10.5. The number of aliphatic hydroxyl groups excluding tert-OH is 1. The van der Waals surface area contributed by atoms with E-state index in [4.69, 9.17) is 5.26 Å². The molecule has 0 aliphatic heterocycles. The molecular formula is C18H18N2O. The Morgan fingerprint density at radius 2 is 2.05 bits per heavy atom. The second-order valence-corrected chi connectivity index (χ2v) is 5.64. The maximum Gasteiger partial charge on any atom is 0.0991 e. The Kier molecular flexibility index (Phi) is 3.74. The molecule has 106 valence electrons. The van der Waals surface area contributed by atoms with E-state index in [2.05, 4.69) is 17.0 Å². The van der Waals surface area contributed by atoms with Gasteiger partial charge in [0, 0.05) is 12.6 Å². The average molecular weight is 278 g/mol. The molecule has 0 bridgehead atoms. The summed E-state index contributed by atoms with van der Waals surface area (Å²) in [6.07, 6.45) is 0.427. The van der Waals surface area contributed by atoms with Crippen LogP contribution in [0.2, 0.25) is 0 Å². The van der Waals surface area contributed by atoms with Crippen LogP contribution in [0.25, 0.3) is 0 Å². The van der Waals surface area contributed by atoms with E-state index in [9.17, 15) is 5.11 Å². The molecule has 3 nitrogen and oxygen atoms in total. The second-order valence-electron chi connectivity index (χ2n) is 5.64. The third-order valence-electron chi connectivity index (χ3n) is 4.22. The van der Waals surface area contributed by atoms with E-state index < -0.39 is 6.10 Å². The van der Waals surface area contributed by atoms with Gasteiger partial charge in [0.25, 0.3) is 0 Å². The van der Waals surface area contributed by atoms with Gasteiger partial charge in [0.15, 0.2) is 0 Å². The molecule has 0 spiro atoms. The van der Waals surface area contributed by atoms with E-state index >= 15 is 0 Å². The number of likely N-dealkylation sites (N-methyl/N-ethyl adjacent to an activating group) is 1. The standard InChI is InChI=1S/C18H18N2O/c1-20(12-14-6-4-5-13(9-14)11-19)17-10-15-7-2-3-8-16(15)18(17)21/h2-9,17-18,21H,10,12H2,1H3. The minimum absolute atomic E-state index is 0.0909. The fourth-order valence-corrected chi connectivity index (χ4v) is 3.09. The molecule has 0 radical (unpaired) electrons. The lowest BCUT2D eigenvalue weighted by Gasteiger charge is -2.27. The second kappa shape index (κ2) is 5.69. The van der Waals surface area contributed by atoms with Gasteiger partial charge in [0.2, 0.25) is 0 Å². The summed E-state index contributed by atoms with van der Waals surface area (Å²) in [5.41, 5.74) is 4.05.